The SMILES string of the molecule is COc1ccc(C(=O)NNC(=O)[C@@H]2CC(=O)N(Cc3ccc(C)cc3)C2)cc1OC. The fourth-order valence-electron chi connectivity index (χ4n) is 3.28. The molecule has 0 radical (unpaired) electrons. The van der Waals surface area contributed by atoms with Crippen molar-refractivity contribution in [1.29, 1.82) is 0 Å². The van der Waals surface area contributed by atoms with Crippen LogP contribution in [0.5, 0.6) is 11.5 Å². The number of hydrazine groups is 1. The first kappa shape index (κ1) is 21.2. The molecule has 2 aromatic rings. The zero-order valence-electron chi connectivity index (χ0n) is 17.2. The lowest BCUT2D eigenvalue weighted by molar-refractivity contribution is -0.129. The van der Waals surface area contributed by atoms with E-state index in [2.05, 4.69) is 10.9 Å². The molecule has 3 rings (SSSR count). The van der Waals surface area contributed by atoms with E-state index in [4.69, 9.17) is 9.47 Å². The summed E-state index contributed by atoms with van der Waals surface area (Å²) in [6.07, 6.45) is 0.115. The zero-order valence-corrected chi connectivity index (χ0v) is 17.2. The molecular weight excluding hydrogens is 386 g/mol. The van der Waals surface area contributed by atoms with Gasteiger partial charge in [0.2, 0.25) is 11.8 Å². The number of carbonyl (C=O) groups excluding carboxylic acids is 3. The van der Waals surface area contributed by atoms with E-state index in [9.17, 15) is 14.4 Å². The van der Waals surface area contributed by atoms with Crippen LogP contribution >= 0.6 is 0 Å². The fourth-order valence-corrected chi connectivity index (χ4v) is 3.28. The first-order valence-electron chi connectivity index (χ1n) is 9.56. The van der Waals surface area contributed by atoms with Crippen molar-refractivity contribution in [2.75, 3.05) is 20.8 Å². The third kappa shape index (κ3) is 4.89. The van der Waals surface area contributed by atoms with Crippen molar-refractivity contribution in [1.82, 2.24) is 15.8 Å². The average molecular weight is 411 g/mol. The molecule has 3 amide bonds. The number of methoxy groups -OCH3 is 2. The molecule has 1 fully saturated rings. The average Bonchev–Trinajstić information content (AvgIpc) is 3.13. The second-order valence-electron chi connectivity index (χ2n) is 7.17. The number of likely N-dealkylation sites (tertiary alicyclic amines) is 1. The van der Waals surface area contributed by atoms with Gasteiger partial charge in [0, 0.05) is 25.1 Å². The lowest BCUT2D eigenvalue weighted by Crippen LogP contribution is -2.45. The van der Waals surface area contributed by atoms with Gasteiger partial charge in [0.15, 0.2) is 11.5 Å². The summed E-state index contributed by atoms with van der Waals surface area (Å²) in [4.78, 5) is 38.7. The molecule has 2 N–H and O–H groups in total. The van der Waals surface area contributed by atoms with Crippen molar-refractivity contribution >= 4 is 17.7 Å². The number of benzene rings is 2. The van der Waals surface area contributed by atoms with E-state index >= 15 is 0 Å². The highest BCUT2D eigenvalue weighted by molar-refractivity contribution is 5.97. The van der Waals surface area contributed by atoms with Gasteiger partial charge in [-0.15, -0.1) is 0 Å². The summed E-state index contributed by atoms with van der Waals surface area (Å²) in [6, 6.07) is 12.6. The summed E-state index contributed by atoms with van der Waals surface area (Å²) < 4.78 is 10.3. The van der Waals surface area contributed by atoms with Gasteiger partial charge in [-0.2, -0.15) is 0 Å². The van der Waals surface area contributed by atoms with Gasteiger partial charge in [0.25, 0.3) is 5.91 Å². The number of nitrogens with one attached hydrogen (secondary N) is 2. The molecule has 2 aromatic carbocycles. The van der Waals surface area contributed by atoms with Gasteiger partial charge in [0.1, 0.15) is 0 Å². The monoisotopic (exact) mass is 411 g/mol. The smallest absolute Gasteiger partial charge is 0.269 e. The van der Waals surface area contributed by atoms with Gasteiger partial charge < -0.3 is 14.4 Å². The minimum Gasteiger partial charge on any atom is -0.493 e. The minimum absolute atomic E-state index is 0.0815. The zero-order chi connectivity index (χ0) is 21.7. The highest BCUT2D eigenvalue weighted by Crippen LogP contribution is 2.27. The predicted molar refractivity (Wildman–Crippen MR) is 110 cm³/mol. The van der Waals surface area contributed by atoms with Crippen LogP contribution < -0.4 is 20.3 Å². The van der Waals surface area contributed by atoms with Crippen LogP contribution in [-0.2, 0) is 16.1 Å². The van der Waals surface area contributed by atoms with Crippen LogP contribution in [0.3, 0.4) is 0 Å². The first-order chi connectivity index (χ1) is 14.4. The topological polar surface area (TPSA) is 97.0 Å². The van der Waals surface area contributed by atoms with Crippen molar-refractivity contribution in [2.24, 2.45) is 5.92 Å². The maximum absolute atomic E-state index is 12.4. The van der Waals surface area contributed by atoms with Gasteiger partial charge in [-0.3, -0.25) is 25.2 Å². The molecule has 0 spiro atoms. The van der Waals surface area contributed by atoms with E-state index in [0.717, 1.165) is 11.1 Å². The molecule has 8 heteroatoms. The molecule has 0 saturated carbocycles. The van der Waals surface area contributed by atoms with E-state index < -0.39 is 17.7 Å². The Labute approximate surface area is 175 Å². The molecule has 158 valence electrons. The normalized spacial score (nSPS) is 15.6. The number of carbonyl (C=O) groups is 3. The maximum atomic E-state index is 12.4. The number of nitrogens with zero attached hydrogens (tertiary/aromatic N) is 1. The Morgan fingerprint density at radius 1 is 1.03 bits per heavy atom. The van der Waals surface area contributed by atoms with Crippen LogP contribution in [0.4, 0.5) is 0 Å². The number of hydrogen-bond donors (Lipinski definition) is 2. The van der Waals surface area contributed by atoms with E-state index in [1.807, 2.05) is 31.2 Å². The van der Waals surface area contributed by atoms with E-state index in [1.54, 1.807) is 17.0 Å². The van der Waals surface area contributed by atoms with Gasteiger partial charge in [-0.05, 0) is 30.7 Å². The lowest BCUT2D eigenvalue weighted by atomic mass is 10.1. The summed E-state index contributed by atoms with van der Waals surface area (Å²) in [5.74, 6) is -0.592. The molecule has 0 bridgehead atoms. The van der Waals surface area contributed by atoms with Crippen LogP contribution in [-0.4, -0.2) is 43.4 Å². The summed E-state index contributed by atoms with van der Waals surface area (Å²) in [6.45, 7) is 2.77. The Morgan fingerprint density at radius 2 is 1.73 bits per heavy atom. The Kier molecular flexibility index (Phi) is 6.56. The van der Waals surface area contributed by atoms with Crippen molar-refractivity contribution in [3.8, 4) is 11.5 Å². The molecule has 1 saturated heterocycles. The Bertz CT molecular complexity index is 942. The molecule has 8 nitrogen and oxygen atoms in total. The molecule has 1 aliphatic heterocycles. The van der Waals surface area contributed by atoms with Crippen molar-refractivity contribution in [3.63, 3.8) is 0 Å². The number of hydrogen-bond acceptors (Lipinski definition) is 5. The summed E-state index contributed by atoms with van der Waals surface area (Å²) >= 11 is 0. The number of rotatable bonds is 6. The van der Waals surface area contributed by atoms with Gasteiger partial charge in [-0.1, -0.05) is 29.8 Å². The van der Waals surface area contributed by atoms with Crippen LogP contribution in [0.15, 0.2) is 42.5 Å². The molecule has 0 aromatic heterocycles. The van der Waals surface area contributed by atoms with Crippen molar-refractivity contribution < 1.29 is 23.9 Å². The minimum atomic E-state index is -0.520. The predicted octanol–water partition coefficient (Wildman–Crippen LogP) is 1.82. The van der Waals surface area contributed by atoms with Crippen molar-refractivity contribution in [2.45, 2.75) is 19.9 Å². The van der Waals surface area contributed by atoms with Crippen LogP contribution in [0.2, 0.25) is 0 Å². The van der Waals surface area contributed by atoms with Gasteiger partial charge >= 0.3 is 0 Å². The van der Waals surface area contributed by atoms with Crippen LogP contribution in [0, 0.1) is 12.8 Å². The highest BCUT2D eigenvalue weighted by Gasteiger charge is 2.34. The molecule has 30 heavy (non-hydrogen) atoms. The Morgan fingerprint density at radius 3 is 2.40 bits per heavy atom. The van der Waals surface area contributed by atoms with E-state index in [0.29, 0.717) is 30.2 Å². The van der Waals surface area contributed by atoms with Crippen molar-refractivity contribution in [3.05, 3.63) is 59.2 Å². The maximum Gasteiger partial charge on any atom is 0.269 e. The van der Waals surface area contributed by atoms with Gasteiger partial charge in [0.05, 0.1) is 20.1 Å². The second kappa shape index (κ2) is 9.30. The quantitative estimate of drug-likeness (QED) is 0.707. The first-order valence-corrected chi connectivity index (χ1v) is 9.56. The molecule has 0 aliphatic carbocycles. The molecular formula is C22H25N3O5. The molecule has 0 unspecified atom stereocenters. The lowest BCUT2D eigenvalue weighted by Gasteiger charge is -2.17. The third-order valence-corrected chi connectivity index (χ3v) is 5.02. The molecule has 1 atom stereocenters. The van der Waals surface area contributed by atoms with Crippen LogP contribution in [0.1, 0.15) is 27.9 Å². The number of amides is 3. The summed E-state index contributed by atoms with van der Waals surface area (Å²) in [5.41, 5.74) is 7.26. The second-order valence-corrected chi connectivity index (χ2v) is 7.17. The number of aryl methyl sites for hydroxylation is 1. The summed E-state index contributed by atoms with van der Waals surface area (Å²) in [7, 11) is 2.98. The Hall–Kier alpha value is -3.55. The fraction of sp³-hybridized carbons (Fsp3) is 0.318. The summed E-state index contributed by atoms with van der Waals surface area (Å²) in [5, 5.41) is 0. The molecule has 1 aliphatic rings. The Balaban J connectivity index is 1.54. The highest BCUT2D eigenvalue weighted by atomic mass is 16.5. The van der Waals surface area contributed by atoms with Gasteiger partial charge in [-0.25, -0.2) is 0 Å². The standard InChI is InChI=1S/C22H25N3O5/c1-14-4-6-15(7-5-14)12-25-13-17(11-20(25)26)22(28)24-23-21(27)16-8-9-18(29-2)19(10-16)30-3/h4-10,17H,11-13H2,1-3H3,(H,23,27)(H,24,28)/t17-/m1/s1. The van der Waals surface area contributed by atoms with E-state index in [1.165, 1.54) is 20.3 Å². The van der Waals surface area contributed by atoms with E-state index in [-0.39, 0.29) is 12.3 Å². The third-order valence-electron chi connectivity index (χ3n) is 5.02. The number of ether oxygens (including phenoxy) is 2. The largest absolute Gasteiger partial charge is 0.493 e. The molecule has 1 heterocycles. The van der Waals surface area contributed by atoms with Crippen LogP contribution in [0.25, 0.3) is 0 Å².